The molecule has 0 bridgehead atoms. The quantitative estimate of drug-likeness (QED) is 0.324. The Balaban J connectivity index is 1.78. The molecule has 0 radical (unpaired) electrons. The van der Waals surface area contributed by atoms with Crippen LogP contribution in [0.15, 0.2) is 48.9 Å². The van der Waals surface area contributed by atoms with E-state index in [0.717, 1.165) is 12.1 Å². The number of aromatic amines is 2. The molecule has 0 fully saturated rings. The zero-order valence-electron chi connectivity index (χ0n) is 17.7. The maximum absolute atomic E-state index is 15.2. The van der Waals surface area contributed by atoms with E-state index < -0.39 is 44.5 Å². The topological polar surface area (TPSA) is 118 Å². The highest BCUT2D eigenvalue weighted by atomic mass is 32.2. The second-order valence-corrected chi connectivity index (χ2v) is 9.21. The summed E-state index contributed by atoms with van der Waals surface area (Å²) in [5.41, 5.74) is -0.772. The first-order valence-electron chi connectivity index (χ1n) is 10.1. The Morgan fingerprint density at radius 2 is 1.85 bits per heavy atom. The summed E-state index contributed by atoms with van der Waals surface area (Å²) in [7, 11) is -3.88. The van der Waals surface area contributed by atoms with E-state index in [4.69, 9.17) is 0 Å². The van der Waals surface area contributed by atoms with E-state index in [1.807, 2.05) is 0 Å². The van der Waals surface area contributed by atoms with Crippen molar-refractivity contribution < 1.29 is 31.4 Å². The summed E-state index contributed by atoms with van der Waals surface area (Å²) < 4.78 is 69.2. The molecule has 4 rings (SSSR count). The Hall–Kier alpha value is -3.93. The highest BCUT2D eigenvalue weighted by molar-refractivity contribution is 7.92. The lowest BCUT2D eigenvalue weighted by molar-refractivity contribution is -0.352. The van der Waals surface area contributed by atoms with Crippen molar-refractivity contribution in [2.24, 2.45) is 0 Å². The Kier molecular flexibility index (Phi) is 6.24. The van der Waals surface area contributed by atoms with Gasteiger partial charge in [-0.15, -0.1) is 0 Å². The van der Waals surface area contributed by atoms with Gasteiger partial charge >= 0.3 is 0 Å². The molecule has 0 saturated carbocycles. The number of aromatic nitrogens is 3. The third-order valence-electron chi connectivity index (χ3n) is 4.93. The number of anilines is 3. The number of sulfonamides is 1. The fourth-order valence-corrected chi connectivity index (χ4v) is 4.55. The largest absolute Gasteiger partial charge is 0.326 e. The van der Waals surface area contributed by atoms with Crippen LogP contribution >= 0.6 is 0 Å². The molecule has 0 aliphatic heterocycles. The number of rotatable bonds is 8. The number of ketones is 1. The van der Waals surface area contributed by atoms with E-state index in [2.05, 4.69) is 25.0 Å². The van der Waals surface area contributed by atoms with Gasteiger partial charge in [0.05, 0.1) is 28.8 Å². The summed E-state index contributed by atoms with van der Waals surface area (Å²) in [6.07, 6.45) is 2.88. The summed E-state index contributed by atoms with van der Waals surface area (Å²) >= 11 is 0. The minimum atomic E-state index is -3.88. The van der Waals surface area contributed by atoms with Gasteiger partial charge in [-0.05, 0) is 42.8 Å². The first-order valence-corrected chi connectivity index (χ1v) is 11.8. The first-order chi connectivity index (χ1) is 16.2. The lowest BCUT2D eigenvalue weighted by Gasteiger charge is -2.11. The molecule has 0 amide bonds. The SMILES string of the molecule is CCCS(=O)(=O)Nc1ccc(F)c(C(=O)c2c[nH]c3[nH+]cnc(Nc4ccc(F)cc4)c23)c1F. The van der Waals surface area contributed by atoms with Crippen molar-refractivity contribution in [2.45, 2.75) is 13.3 Å². The van der Waals surface area contributed by atoms with Crippen molar-refractivity contribution in [3.8, 4) is 0 Å². The molecule has 34 heavy (non-hydrogen) atoms. The van der Waals surface area contributed by atoms with Gasteiger partial charge in [-0.2, -0.15) is 0 Å². The minimum Gasteiger partial charge on any atom is -0.326 e. The first kappa shape index (κ1) is 23.2. The summed E-state index contributed by atoms with van der Waals surface area (Å²) in [4.78, 5) is 23.0. The lowest BCUT2D eigenvalue weighted by atomic mass is 10.0. The van der Waals surface area contributed by atoms with Crippen molar-refractivity contribution in [3.05, 3.63) is 77.5 Å². The van der Waals surface area contributed by atoms with E-state index in [0.29, 0.717) is 11.3 Å². The molecule has 4 N–H and O–H groups in total. The van der Waals surface area contributed by atoms with Gasteiger partial charge in [0.2, 0.25) is 33.6 Å². The molecule has 4 aromatic rings. The summed E-state index contributed by atoms with van der Waals surface area (Å²) in [6.45, 7) is 1.63. The second-order valence-electron chi connectivity index (χ2n) is 7.37. The van der Waals surface area contributed by atoms with Gasteiger partial charge in [0.1, 0.15) is 17.0 Å². The predicted molar refractivity (Wildman–Crippen MR) is 120 cm³/mol. The van der Waals surface area contributed by atoms with Gasteiger partial charge in [0, 0.05) is 5.69 Å². The number of carbonyl (C=O) groups excluding carboxylic acids is 1. The number of hydrogen-bond donors (Lipinski definition) is 3. The Morgan fingerprint density at radius 1 is 1.12 bits per heavy atom. The van der Waals surface area contributed by atoms with Crippen LogP contribution in [0.3, 0.4) is 0 Å². The number of nitrogens with one attached hydrogen (secondary N) is 4. The van der Waals surface area contributed by atoms with Gasteiger partial charge in [-0.1, -0.05) is 11.9 Å². The minimum absolute atomic E-state index is 0.115. The molecule has 12 heteroatoms. The Morgan fingerprint density at radius 3 is 2.56 bits per heavy atom. The smallest absolute Gasteiger partial charge is 0.236 e. The van der Waals surface area contributed by atoms with Crippen LogP contribution in [-0.2, 0) is 10.0 Å². The van der Waals surface area contributed by atoms with Crippen LogP contribution < -0.4 is 15.0 Å². The van der Waals surface area contributed by atoms with Crippen molar-refractivity contribution in [1.82, 2.24) is 9.97 Å². The number of nitrogens with zero attached hydrogens (tertiary/aromatic N) is 1. The van der Waals surface area contributed by atoms with Crippen LogP contribution in [0.25, 0.3) is 11.0 Å². The molecule has 2 aromatic carbocycles. The normalized spacial score (nSPS) is 11.5. The van der Waals surface area contributed by atoms with E-state index in [9.17, 15) is 22.0 Å². The fraction of sp³-hybridized carbons (Fsp3) is 0.136. The van der Waals surface area contributed by atoms with Crippen molar-refractivity contribution >= 4 is 44.0 Å². The van der Waals surface area contributed by atoms with Crippen LogP contribution in [0.1, 0.15) is 29.3 Å². The molecule has 0 atom stereocenters. The van der Waals surface area contributed by atoms with Gasteiger partial charge in [0.25, 0.3) is 0 Å². The van der Waals surface area contributed by atoms with Gasteiger partial charge in [-0.25, -0.2) is 26.6 Å². The van der Waals surface area contributed by atoms with E-state index >= 15 is 4.39 Å². The van der Waals surface area contributed by atoms with Gasteiger partial charge in [-0.3, -0.25) is 14.5 Å². The third-order valence-corrected chi connectivity index (χ3v) is 6.40. The zero-order valence-corrected chi connectivity index (χ0v) is 18.6. The Labute approximate surface area is 192 Å². The molecular formula is C22H19F3N5O3S+. The molecule has 176 valence electrons. The molecule has 8 nitrogen and oxygen atoms in total. The average molecular weight is 490 g/mol. The Bertz CT molecular complexity index is 1490. The van der Waals surface area contributed by atoms with E-state index in [-0.39, 0.29) is 28.9 Å². The van der Waals surface area contributed by atoms with Crippen molar-refractivity contribution in [3.63, 3.8) is 0 Å². The van der Waals surface area contributed by atoms with Crippen molar-refractivity contribution in [2.75, 3.05) is 15.8 Å². The van der Waals surface area contributed by atoms with Crippen LogP contribution in [0.5, 0.6) is 0 Å². The van der Waals surface area contributed by atoms with Crippen LogP contribution in [0.2, 0.25) is 0 Å². The maximum atomic E-state index is 15.2. The highest BCUT2D eigenvalue weighted by Gasteiger charge is 2.28. The number of carbonyl (C=O) groups is 1. The van der Waals surface area contributed by atoms with E-state index in [1.54, 1.807) is 6.92 Å². The summed E-state index contributed by atoms with van der Waals surface area (Å²) in [5, 5.41) is 3.15. The highest BCUT2D eigenvalue weighted by Crippen LogP contribution is 2.30. The number of hydrogen-bond acceptors (Lipinski definition) is 5. The van der Waals surface area contributed by atoms with Gasteiger partial charge in [0.15, 0.2) is 5.82 Å². The molecule has 2 aromatic heterocycles. The number of H-pyrrole nitrogens is 2. The number of fused-ring (bicyclic) bond motifs is 1. The standard InChI is InChI=1S/C22H18F3N5O3S/c1-2-9-34(32,33)30-16-8-7-15(24)18(19(16)25)20(31)14-10-26-21-17(14)22(28-11-27-21)29-13-5-3-12(23)4-6-13/h3-8,10-11,30H,2,9H2,1H3,(H2,26,27,28,29)/p+1. The summed E-state index contributed by atoms with van der Waals surface area (Å²) in [6, 6.07) is 7.11. The number of halogens is 3. The maximum Gasteiger partial charge on any atom is 0.236 e. The zero-order chi connectivity index (χ0) is 24.5. The second kappa shape index (κ2) is 9.14. The molecule has 2 heterocycles. The van der Waals surface area contributed by atoms with Gasteiger partial charge < -0.3 is 5.32 Å². The fourth-order valence-electron chi connectivity index (χ4n) is 3.41. The molecule has 0 aliphatic carbocycles. The third kappa shape index (κ3) is 4.57. The monoisotopic (exact) mass is 490 g/mol. The van der Waals surface area contributed by atoms with Crippen LogP contribution in [-0.4, -0.2) is 29.9 Å². The molecule has 0 spiro atoms. The molecule has 0 saturated heterocycles. The van der Waals surface area contributed by atoms with Crippen LogP contribution in [0, 0.1) is 17.5 Å². The van der Waals surface area contributed by atoms with Crippen LogP contribution in [0.4, 0.5) is 30.4 Å². The molecular weight excluding hydrogens is 471 g/mol. The summed E-state index contributed by atoms with van der Waals surface area (Å²) in [5.74, 6) is -4.05. The average Bonchev–Trinajstić information content (AvgIpc) is 3.22. The lowest BCUT2D eigenvalue weighted by Crippen LogP contribution is -2.18. The molecule has 0 aliphatic rings. The predicted octanol–water partition coefficient (Wildman–Crippen LogP) is 3.92. The van der Waals surface area contributed by atoms with Crippen molar-refractivity contribution in [1.29, 1.82) is 0 Å². The number of benzene rings is 2. The molecule has 0 unspecified atom stereocenters. The van der Waals surface area contributed by atoms with E-state index in [1.165, 1.54) is 36.8 Å².